The van der Waals surface area contributed by atoms with Gasteiger partial charge >= 0.3 is 0 Å². The fourth-order valence-electron chi connectivity index (χ4n) is 5.44. The van der Waals surface area contributed by atoms with Gasteiger partial charge in [-0.1, -0.05) is 119 Å². The van der Waals surface area contributed by atoms with Crippen molar-refractivity contribution in [1.29, 1.82) is 0 Å². The van der Waals surface area contributed by atoms with E-state index in [1.807, 2.05) is 0 Å². The largest absolute Gasteiger partial charge is 0.381 e. The van der Waals surface area contributed by atoms with Gasteiger partial charge in [0.15, 0.2) is 0 Å². The standard InChI is InChI=1S/C40H82O7/c1-7-13-19-25-41-31-39(32-42-26-20-14-8-2,33-43-27-21-15-9-3)37-47-38-40(34-44-28-22-16-10-4,35-45-29-23-17-11-5)36-46-30-24-18-12-6/h7-38H2,1-6H3. The van der Waals surface area contributed by atoms with E-state index in [0.29, 0.717) is 52.9 Å². The molecule has 7 heteroatoms. The predicted molar refractivity (Wildman–Crippen MR) is 198 cm³/mol. The number of unbranched alkanes of at least 4 members (excludes halogenated alkanes) is 12. The van der Waals surface area contributed by atoms with Crippen LogP contribution in [0, 0.1) is 10.8 Å². The molecule has 0 spiro atoms. The molecule has 0 fully saturated rings. The highest BCUT2D eigenvalue weighted by molar-refractivity contribution is 4.83. The highest BCUT2D eigenvalue weighted by atomic mass is 16.5. The first kappa shape index (κ1) is 46.7. The Balaban J connectivity index is 5.87. The van der Waals surface area contributed by atoms with Gasteiger partial charge in [-0.3, -0.25) is 0 Å². The molecule has 0 aliphatic heterocycles. The Morgan fingerprint density at radius 1 is 0.234 bits per heavy atom. The van der Waals surface area contributed by atoms with Crippen LogP contribution in [-0.2, 0) is 33.2 Å². The number of ether oxygens (including phenoxy) is 7. The van der Waals surface area contributed by atoms with E-state index < -0.39 is 0 Å². The number of hydrogen-bond acceptors (Lipinski definition) is 7. The van der Waals surface area contributed by atoms with E-state index in [2.05, 4.69) is 41.5 Å². The number of rotatable bonds is 40. The smallest absolute Gasteiger partial charge is 0.0637 e. The van der Waals surface area contributed by atoms with Crippen LogP contribution in [0.4, 0.5) is 0 Å². The lowest BCUT2D eigenvalue weighted by molar-refractivity contribution is -0.143. The molecule has 0 saturated heterocycles. The van der Waals surface area contributed by atoms with Gasteiger partial charge in [0.2, 0.25) is 0 Å². The predicted octanol–water partition coefficient (Wildman–Crippen LogP) is 10.2. The molecule has 7 nitrogen and oxygen atoms in total. The van der Waals surface area contributed by atoms with Gasteiger partial charge in [0.05, 0.1) is 63.7 Å². The third-order valence-corrected chi connectivity index (χ3v) is 8.62. The molecule has 0 aliphatic rings. The summed E-state index contributed by atoms with van der Waals surface area (Å²) in [7, 11) is 0. The average molecular weight is 675 g/mol. The molecule has 0 radical (unpaired) electrons. The summed E-state index contributed by atoms with van der Waals surface area (Å²) >= 11 is 0. The SMILES string of the molecule is CCCCCOCC(COCCCCC)(COCCCCC)COCC(COCCCCC)(COCCCCC)COCCCCC. The Hall–Kier alpha value is -0.280. The van der Waals surface area contributed by atoms with Crippen LogP contribution in [-0.4, -0.2) is 92.5 Å². The highest BCUT2D eigenvalue weighted by Gasteiger charge is 2.37. The van der Waals surface area contributed by atoms with Crippen molar-refractivity contribution in [3.63, 3.8) is 0 Å². The lowest BCUT2D eigenvalue weighted by Crippen LogP contribution is -2.46. The number of hydrogen-bond donors (Lipinski definition) is 0. The van der Waals surface area contributed by atoms with E-state index in [1.165, 1.54) is 77.0 Å². The second-order valence-electron chi connectivity index (χ2n) is 14.1. The minimum atomic E-state index is -0.373. The van der Waals surface area contributed by atoms with Gasteiger partial charge in [-0.2, -0.15) is 0 Å². The minimum absolute atomic E-state index is 0.373. The summed E-state index contributed by atoms with van der Waals surface area (Å²) in [6.07, 6.45) is 20.6. The molecule has 0 rings (SSSR count). The summed E-state index contributed by atoms with van der Waals surface area (Å²) in [5.41, 5.74) is -0.745. The first-order chi connectivity index (χ1) is 23.1. The van der Waals surface area contributed by atoms with Gasteiger partial charge < -0.3 is 33.2 Å². The van der Waals surface area contributed by atoms with Crippen LogP contribution in [0.25, 0.3) is 0 Å². The summed E-state index contributed by atoms with van der Waals surface area (Å²) < 4.78 is 44.8. The maximum atomic E-state index is 6.75. The van der Waals surface area contributed by atoms with Gasteiger partial charge in [-0.05, 0) is 38.5 Å². The van der Waals surface area contributed by atoms with Gasteiger partial charge in [-0.25, -0.2) is 0 Å². The van der Waals surface area contributed by atoms with Crippen LogP contribution in [0.2, 0.25) is 0 Å². The zero-order chi connectivity index (χ0) is 34.6. The van der Waals surface area contributed by atoms with Gasteiger partial charge in [0.1, 0.15) is 0 Å². The average Bonchev–Trinajstić information content (AvgIpc) is 3.07. The molecular weight excluding hydrogens is 592 g/mol. The summed E-state index contributed by atoms with van der Waals surface area (Å²) in [4.78, 5) is 0. The molecule has 0 saturated carbocycles. The van der Waals surface area contributed by atoms with E-state index >= 15 is 0 Å². The third-order valence-electron chi connectivity index (χ3n) is 8.62. The molecular formula is C40H82O7. The normalized spacial score (nSPS) is 12.4. The zero-order valence-electron chi connectivity index (χ0n) is 32.5. The zero-order valence-corrected chi connectivity index (χ0v) is 32.5. The van der Waals surface area contributed by atoms with E-state index in [0.717, 1.165) is 78.2 Å². The first-order valence-corrected chi connectivity index (χ1v) is 20.1. The maximum absolute atomic E-state index is 6.75. The van der Waals surface area contributed by atoms with E-state index in [-0.39, 0.29) is 10.8 Å². The van der Waals surface area contributed by atoms with Crippen molar-refractivity contribution < 1.29 is 33.2 Å². The lowest BCUT2D eigenvalue weighted by Gasteiger charge is -2.37. The van der Waals surface area contributed by atoms with Gasteiger partial charge in [-0.15, -0.1) is 0 Å². The van der Waals surface area contributed by atoms with Crippen LogP contribution < -0.4 is 0 Å². The van der Waals surface area contributed by atoms with Crippen molar-refractivity contribution in [3.8, 4) is 0 Å². The Bertz CT molecular complexity index is 481. The molecule has 284 valence electrons. The van der Waals surface area contributed by atoms with Crippen LogP contribution >= 0.6 is 0 Å². The monoisotopic (exact) mass is 675 g/mol. The second kappa shape index (κ2) is 35.5. The van der Waals surface area contributed by atoms with Crippen LogP contribution in [0.1, 0.15) is 157 Å². The molecule has 0 aromatic heterocycles. The fraction of sp³-hybridized carbons (Fsp3) is 1.00. The van der Waals surface area contributed by atoms with Crippen LogP contribution in [0.15, 0.2) is 0 Å². The molecule has 0 aromatic rings. The molecule has 0 aliphatic carbocycles. The van der Waals surface area contributed by atoms with E-state index in [1.54, 1.807) is 0 Å². The third kappa shape index (κ3) is 28.1. The Morgan fingerprint density at radius 3 is 0.574 bits per heavy atom. The van der Waals surface area contributed by atoms with E-state index in [9.17, 15) is 0 Å². The van der Waals surface area contributed by atoms with Gasteiger partial charge in [0.25, 0.3) is 0 Å². The van der Waals surface area contributed by atoms with E-state index in [4.69, 9.17) is 33.2 Å². The van der Waals surface area contributed by atoms with Crippen molar-refractivity contribution in [1.82, 2.24) is 0 Å². The van der Waals surface area contributed by atoms with Crippen molar-refractivity contribution in [2.75, 3.05) is 92.5 Å². The van der Waals surface area contributed by atoms with Crippen LogP contribution in [0.3, 0.4) is 0 Å². The second-order valence-corrected chi connectivity index (χ2v) is 14.1. The molecule has 0 N–H and O–H groups in total. The quantitative estimate of drug-likeness (QED) is 0.0600. The summed E-state index contributed by atoms with van der Waals surface area (Å²) in [6, 6.07) is 0. The molecule has 0 unspecified atom stereocenters. The maximum Gasteiger partial charge on any atom is 0.0637 e. The Morgan fingerprint density at radius 2 is 0.404 bits per heavy atom. The summed E-state index contributed by atoms with van der Waals surface area (Å²) in [6.45, 7) is 22.4. The van der Waals surface area contributed by atoms with Crippen molar-refractivity contribution in [3.05, 3.63) is 0 Å². The Labute approximate surface area is 293 Å². The van der Waals surface area contributed by atoms with Crippen molar-refractivity contribution >= 4 is 0 Å². The van der Waals surface area contributed by atoms with Crippen molar-refractivity contribution in [2.24, 2.45) is 10.8 Å². The van der Waals surface area contributed by atoms with Gasteiger partial charge in [0, 0.05) is 39.6 Å². The summed E-state index contributed by atoms with van der Waals surface area (Å²) in [5, 5.41) is 0. The molecule has 0 bridgehead atoms. The molecule has 0 atom stereocenters. The lowest BCUT2D eigenvalue weighted by atomic mass is 9.90. The topological polar surface area (TPSA) is 64.6 Å². The van der Waals surface area contributed by atoms with Crippen LogP contribution in [0.5, 0.6) is 0 Å². The minimum Gasteiger partial charge on any atom is -0.381 e. The molecule has 0 aromatic carbocycles. The molecule has 0 heterocycles. The summed E-state index contributed by atoms with van der Waals surface area (Å²) in [5.74, 6) is 0. The molecule has 0 amide bonds. The highest BCUT2D eigenvalue weighted by Crippen LogP contribution is 2.26. The molecule has 47 heavy (non-hydrogen) atoms. The van der Waals surface area contributed by atoms with Crippen molar-refractivity contribution in [2.45, 2.75) is 157 Å². The first-order valence-electron chi connectivity index (χ1n) is 20.1. The Kier molecular flexibility index (Phi) is 35.3. The fourth-order valence-corrected chi connectivity index (χ4v) is 5.44.